The predicted molar refractivity (Wildman–Crippen MR) is 61.0 cm³/mol. The molecule has 1 aromatic carbocycles. The van der Waals surface area contributed by atoms with Crippen LogP contribution in [0.1, 0.15) is 6.92 Å². The van der Waals surface area contributed by atoms with Gasteiger partial charge in [0.15, 0.2) is 0 Å². The molecule has 0 unspecified atom stereocenters. The van der Waals surface area contributed by atoms with Crippen molar-refractivity contribution in [3.63, 3.8) is 0 Å². The SMILES string of the molecule is CCOc1ccc(SCC(=O)O)cc1Cl. The lowest BCUT2D eigenvalue weighted by Crippen LogP contribution is -1.97. The third-order valence-corrected chi connectivity index (χ3v) is 2.84. The molecule has 1 rings (SSSR count). The van der Waals surface area contributed by atoms with Crippen LogP contribution in [0.25, 0.3) is 0 Å². The van der Waals surface area contributed by atoms with Crippen molar-refractivity contribution < 1.29 is 14.6 Å². The van der Waals surface area contributed by atoms with Gasteiger partial charge in [0.1, 0.15) is 5.75 Å². The summed E-state index contributed by atoms with van der Waals surface area (Å²) in [6.07, 6.45) is 0. The lowest BCUT2D eigenvalue weighted by Gasteiger charge is -2.06. The van der Waals surface area contributed by atoms with E-state index in [0.717, 1.165) is 4.90 Å². The van der Waals surface area contributed by atoms with Gasteiger partial charge in [-0.15, -0.1) is 11.8 Å². The second-order valence-electron chi connectivity index (χ2n) is 2.71. The van der Waals surface area contributed by atoms with E-state index in [1.54, 1.807) is 18.2 Å². The first-order chi connectivity index (χ1) is 7.13. The second-order valence-corrected chi connectivity index (χ2v) is 4.16. The number of aliphatic carboxylic acids is 1. The Morgan fingerprint density at radius 3 is 2.87 bits per heavy atom. The van der Waals surface area contributed by atoms with Crippen molar-refractivity contribution >= 4 is 29.3 Å². The smallest absolute Gasteiger partial charge is 0.313 e. The van der Waals surface area contributed by atoms with Crippen LogP contribution < -0.4 is 4.74 Å². The molecule has 1 aromatic rings. The maximum Gasteiger partial charge on any atom is 0.313 e. The molecule has 0 radical (unpaired) electrons. The lowest BCUT2D eigenvalue weighted by molar-refractivity contribution is -0.133. The van der Waals surface area contributed by atoms with Gasteiger partial charge in [0.25, 0.3) is 0 Å². The molecule has 15 heavy (non-hydrogen) atoms. The van der Waals surface area contributed by atoms with E-state index in [0.29, 0.717) is 17.4 Å². The molecular formula is C10H11ClO3S. The van der Waals surface area contributed by atoms with Crippen molar-refractivity contribution in [1.82, 2.24) is 0 Å². The average molecular weight is 247 g/mol. The van der Waals surface area contributed by atoms with Gasteiger partial charge in [-0.05, 0) is 25.1 Å². The summed E-state index contributed by atoms with van der Waals surface area (Å²) in [7, 11) is 0. The Bertz CT molecular complexity index is 355. The van der Waals surface area contributed by atoms with Gasteiger partial charge in [-0.2, -0.15) is 0 Å². The summed E-state index contributed by atoms with van der Waals surface area (Å²) in [5.41, 5.74) is 0. The topological polar surface area (TPSA) is 46.5 Å². The van der Waals surface area contributed by atoms with Gasteiger partial charge in [0.2, 0.25) is 0 Å². The molecule has 82 valence electrons. The molecule has 0 amide bonds. The highest BCUT2D eigenvalue weighted by Gasteiger charge is 2.04. The molecular weight excluding hydrogens is 236 g/mol. The van der Waals surface area contributed by atoms with Gasteiger partial charge in [0, 0.05) is 4.90 Å². The van der Waals surface area contributed by atoms with Crippen molar-refractivity contribution in [2.45, 2.75) is 11.8 Å². The van der Waals surface area contributed by atoms with E-state index in [1.165, 1.54) is 11.8 Å². The number of hydrogen-bond acceptors (Lipinski definition) is 3. The Morgan fingerprint density at radius 1 is 1.60 bits per heavy atom. The van der Waals surface area contributed by atoms with Crippen molar-refractivity contribution in [2.75, 3.05) is 12.4 Å². The number of thioether (sulfide) groups is 1. The summed E-state index contributed by atoms with van der Waals surface area (Å²) >= 11 is 7.17. The van der Waals surface area contributed by atoms with Crippen LogP contribution in [-0.2, 0) is 4.79 Å². The first kappa shape index (κ1) is 12.2. The van der Waals surface area contributed by atoms with E-state index >= 15 is 0 Å². The summed E-state index contributed by atoms with van der Waals surface area (Å²) in [5.74, 6) is -0.187. The van der Waals surface area contributed by atoms with E-state index in [-0.39, 0.29) is 5.75 Å². The monoisotopic (exact) mass is 246 g/mol. The van der Waals surface area contributed by atoms with Gasteiger partial charge < -0.3 is 9.84 Å². The zero-order chi connectivity index (χ0) is 11.3. The highest BCUT2D eigenvalue weighted by Crippen LogP contribution is 2.29. The molecule has 0 saturated heterocycles. The first-order valence-electron chi connectivity index (χ1n) is 4.40. The Balaban J connectivity index is 2.68. The van der Waals surface area contributed by atoms with Crippen LogP contribution >= 0.6 is 23.4 Å². The summed E-state index contributed by atoms with van der Waals surface area (Å²) < 4.78 is 5.26. The minimum Gasteiger partial charge on any atom is -0.492 e. The molecule has 0 aromatic heterocycles. The summed E-state index contributed by atoms with van der Waals surface area (Å²) in [6, 6.07) is 5.25. The fourth-order valence-electron chi connectivity index (χ4n) is 0.989. The number of halogens is 1. The number of carboxylic acid groups (broad SMARTS) is 1. The van der Waals surface area contributed by atoms with Gasteiger partial charge >= 0.3 is 5.97 Å². The van der Waals surface area contributed by atoms with Gasteiger partial charge in [0.05, 0.1) is 17.4 Å². The zero-order valence-corrected chi connectivity index (χ0v) is 9.77. The predicted octanol–water partition coefficient (Wildman–Crippen LogP) is 2.92. The third-order valence-electron chi connectivity index (χ3n) is 1.57. The van der Waals surface area contributed by atoms with Gasteiger partial charge in [-0.1, -0.05) is 11.6 Å². The molecule has 0 saturated carbocycles. The first-order valence-corrected chi connectivity index (χ1v) is 5.76. The molecule has 1 N–H and O–H groups in total. The number of hydrogen-bond donors (Lipinski definition) is 1. The lowest BCUT2D eigenvalue weighted by atomic mass is 10.3. The fourth-order valence-corrected chi connectivity index (χ4v) is 1.94. The van der Waals surface area contributed by atoms with E-state index in [9.17, 15) is 4.79 Å². The Kier molecular flexibility index (Phi) is 4.78. The Morgan fingerprint density at radius 2 is 2.33 bits per heavy atom. The van der Waals surface area contributed by atoms with Crippen molar-refractivity contribution in [1.29, 1.82) is 0 Å². The highest BCUT2D eigenvalue weighted by molar-refractivity contribution is 8.00. The van der Waals surface area contributed by atoms with E-state index < -0.39 is 5.97 Å². The van der Waals surface area contributed by atoms with Crippen LogP contribution in [0, 0.1) is 0 Å². The second kappa shape index (κ2) is 5.88. The van der Waals surface area contributed by atoms with E-state index in [1.807, 2.05) is 6.92 Å². The minimum absolute atomic E-state index is 0.0321. The average Bonchev–Trinajstić information content (AvgIpc) is 2.19. The van der Waals surface area contributed by atoms with Gasteiger partial charge in [-0.25, -0.2) is 0 Å². The largest absolute Gasteiger partial charge is 0.492 e. The maximum absolute atomic E-state index is 10.3. The van der Waals surface area contributed by atoms with Gasteiger partial charge in [-0.3, -0.25) is 4.79 Å². The number of benzene rings is 1. The van der Waals surface area contributed by atoms with Crippen LogP contribution in [0.2, 0.25) is 5.02 Å². The standard InChI is InChI=1S/C10H11ClO3S/c1-2-14-9-4-3-7(5-8(9)11)15-6-10(12)13/h3-5H,2,6H2,1H3,(H,12,13). The molecule has 0 fully saturated rings. The third kappa shape index (κ3) is 4.01. The van der Waals surface area contributed by atoms with Crippen LogP contribution in [0.4, 0.5) is 0 Å². The van der Waals surface area contributed by atoms with Crippen LogP contribution in [0.5, 0.6) is 5.75 Å². The highest BCUT2D eigenvalue weighted by atomic mass is 35.5. The number of carboxylic acids is 1. The number of rotatable bonds is 5. The Labute approximate surface area is 97.4 Å². The van der Waals surface area contributed by atoms with Crippen molar-refractivity contribution in [3.05, 3.63) is 23.2 Å². The molecule has 3 nitrogen and oxygen atoms in total. The molecule has 0 aliphatic heterocycles. The number of ether oxygens (including phenoxy) is 1. The number of carbonyl (C=O) groups is 1. The molecule has 0 spiro atoms. The summed E-state index contributed by atoms with van der Waals surface area (Å²) in [6.45, 7) is 2.44. The van der Waals surface area contributed by atoms with Crippen LogP contribution in [-0.4, -0.2) is 23.4 Å². The van der Waals surface area contributed by atoms with E-state index in [4.69, 9.17) is 21.4 Å². The molecule has 5 heteroatoms. The van der Waals surface area contributed by atoms with Crippen LogP contribution in [0.15, 0.2) is 23.1 Å². The molecule has 0 bridgehead atoms. The maximum atomic E-state index is 10.3. The van der Waals surface area contributed by atoms with Crippen LogP contribution in [0.3, 0.4) is 0 Å². The molecule has 0 aliphatic carbocycles. The normalized spacial score (nSPS) is 10.0. The molecule has 0 atom stereocenters. The van der Waals surface area contributed by atoms with Crippen molar-refractivity contribution in [3.8, 4) is 5.75 Å². The quantitative estimate of drug-likeness (QED) is 0.812. The van der Waals surface area contributed by atoms with E-state index in [2.05, 4.69) is 0 Å². The zero-order valence-electron chi connectivity index (χ0n) is 8.20. The Hall–Kier alpha value is -0.870. The summed E-state index contributed by atoms with van der Waals surface area (Å²) in [5, 5.41) is 9.01. The summed E-state index contributed by atoms with van der Waals surface area (Å²) in [4.78, 5) is 11.2. The van der Waals surface area contributed by atoms with Crippen molar-refractivity contribution in [2.24, 2.45) is 0 Å². The molecule has 0 aliphatic rings. The minimum atomic E-state index is -0.843. The fraction of sp³-hybridized carbons (Fsp3) is 0.300. The molecule has 0 heterocycles.